The van der Waals surface area contributed by atoms with E-state index < -0.39 is 0 Å². The van der Waals surface area contributed by atoms with Crippen LogP contribution in [-0.4, -0.2) is 17.3 Å². The van der Waals surface area contributed by atoms with Gasteiger partial charge in [0.2, 0.25) is 0 Å². The molecule has 0 bridgehead atoms. The van der Waals surface area contributed by atoms with Gasteiger partial charge in [0.05, 0.1) is 0 Å². The van der Waals surface area contributed by atoms with Crippen LogP contribution in [0.3, 0.4) is 0 Å². The second kappa shape index (κ2) is 2.73. The molecule has 0 saturated carbocycles. The Hall–Kier alpha value is -0.490. The summed E-state index contributed by atoms with van der Waals surface area (Å²) in [6.45, 7) is 0.843. The zero-order valence-corrected chi connectivity index (χ0v) is 5.24. The zero-order valence-electron chi connectivity index (χ0n) is 4.42. The largest absolute Gasteiger partial charge is 0.268 e. The fraction of sp³-hybridized carbons (Fsp3) is 0.600. The molecule has 1 aliphatic heterocycles. The van der Waals surface area contributed by atoms with Crippen molar-refractivity contribution in [3.63, 3.8) is 0 Å². The molecule has 0 radical (unpaired) electrons. The van der Waals surface area contributed by atoms with Gasteiger partial charge in [0.25, 0.3) is 0 Å². The summed E-state index contributed by atoms with van der Waals surface area (Å²) in [6, 6.07) is 2.02. The first-order chi connectivity index (χ1) is 3.93. The molecule has 0 aromatic rings. The average Bonchev–Trinajstić information content (AvgIpc) is 1.90. The molecule has 8 heavy (non-hydrogen) atoms. The van der Waals surface area contributed by atoms with Gasteiger partial charge in [-0.05, 0) is 6.42 Å². The van der Waals surface area contributed by atoms with Gasteiger partial charge in [-0.2, -0.15) is 5.26 Å². The Kier molecular flexibility index (Phi) is 1.93. The lowest BCUT2D eigenvalue weighted by Crippen LogP contribution is -1.99. The van der Waals surface area contributed by atoms with Gasteiger partial charge >= 0.3 is 0 Å². The van der Waals surface area contributed by atoms with Crippen molar-refractivity contribution in [1.29, 1.82) is 5.26 Å². The number of aliphatic imine (C=N–C) groups is 1. The summed E-state index contributed by atoms with van der Waals surface area (Å²) < 4.78 is 0. The Morgan fingerprint density at radius 2 is 2.62 bits per heavy atom. The molecule has 0 amide bonds. The van der Waals surface area contributed by atoms with E-state index in [-0.39, 0.29) is 0 Å². The van der Waals surface area contributed by atoms with Crippen molar-refractivity contribution >= 4 is 16.8 Å². The Morgan fingerprint density at radius 3 is 3.00 bits per heavy atom. The lowest BCUT2D eigenvalue weighted by atomic mass is 10.5. The predicted octanol–water partition coefficient (Wildman–Crippen LogP) is 1.05. The van der Waals surface area contributed by atoms with Gasteiger partial charge in [-0.15, -0.1) is 0 Å². The molecule has 1 heterocycles. The Balaban J connectivity index is 2.53. The van der Waals surface area contributed by atoms with E-state index in [1.165, 1.54) is 0 Å². The minimum absolute atomic E-state index is 0.649. The molecule has 0 saturated heterocycles. The van der Waals surface area contributed by atoms with Crippen LogP contribution >= 0.6 is 11.8 Å². The molecule has 0 N–H and O–H groups in total. The van der Waals surface area contributed by atoms with Gasteiger partial charge in [-0.3, -0.25) is 4.99 Å². The smallest absolute Gasteiger partial charge is 0.169 e. The molecule has 3 heteroatoms. The lowest BCUT2D eigenvalue weighted by Gasteiger charge is -2.02. The van der Waals surface area contributed by atoms with Crippen molar-refractivity contribution in [2.75, 3.05) is 12.3 Å². The van der Waals surface area contributed by atoms with Crippen LogP contribution < -0.4 is 0 Å². The molecule has 0 aromatic carbocycles. The third kappa shape index (κ3) is 1.24. The molecule has 2 nitrogen and oxygen atoms in total. The topological polar surface area (TPSA) is 36.1 Å². The van der Waals surface area contributed by atoms with Crippen LogP contribution in [0, 0.1) is 11.3 Å². The zero-order chi connectivity index (χ0) is 5.82. The molecule has 0 spiro atoms. The lowest BCUT2D eigenvalue weighted by molar-refractivity contribution is 0.940. The number of hydrogen-bond donors (Lipinski definition) is 0. The molecule has 1 rings (SSSR count). The van der Waals surface area contributed by atoms with Gasteiger partial charge in [-0.1, -0.05) is 11.8 Å². The second-order valence-corrected chi connectivity index (χ2v) is 2.58. The van der Waals surface area contributed by atoms with E-state index in [0.717, 1.165) is 18.7 Å². The molecule has 1 aliphatic rings. The van der Waals surface area contributed by atoms with Gasteiger partial charge < -0.3 is 0 Å². The fourth-order valence-electron chi connectivity index (χ4n) is 0.527. The van der Waals surface area contributed by atoms with Crippen LogP contribution in [0.5, 0.6) is 0 Å². The number of nitrogens with zero attached hydrogens (tertiary/aromatic N) is 2. The van der Waals surface area contributed by atoms with E-state index in [9.17, 15) is 0 Å². The van der Waals surface area contributed by atoms with Crippen LogP contribution in [0.4, 0.5) is 0 Å². The van der Waals surface area contributed by atoms with Crippen LogP contribution in [-0.2, 0) is 0 Å². The first-order valence-electron chi connectivity index (χ1n) is 2.51. The van der Waals surface area contributed by atoms with E-state index in [2.05, 4.69) is 4.99 Å². The average molecular weight is 126 g/mol. The van der Waals surface area contributed by atoms with Crippen molar-refractivity contribution < 1.29 is 0 Å². The number of rotatable bonds is 0. The highest BCUT2D eigenvalue weighted by molar-refractivity contribution is 8.14. The van der Waals surface area contributed by atoms with Crippen molar-refractivity contribution in [1.82, 2.24) is 0 Å². The first kappa shape index (κ1) is 5.64. The Morgan fingerprint density at radius 1 is 1.75 bits per heavy atom. The number of thioether (sulfide) groups is 1. The summed E-state index contributed by atoms with van der Waals surface area (Å²) in [5.74, 6) is 1.06. The van der Waals surface area contributed by atoms with E-state index in [0.29, 0.717) is 5.04 Å². The maximum absolute atomic E-state index is 8.29. The summed E-state index contributed by atoms with van der Waals surface area (Å²) >= 11 is 1.55. The highest BCUT2D eigenvalue weighted by atomic mass is 32.2. The summed E-state index contributed by atoms with van der Waals surface area (Å²) in [6.07, 6.45) is 1.12. The minimum Gasteiger partial charge on any atom is -0.268 e. The molecule has 0 unspecified atom stereocenters. The molecule has 0 atom stereocenters. The van der Waals surface area contributed by atoms with Gasteiger partial charge in [0, 0.05) is 12.3 Å². The summed E-state index contributed by atoms with van der Waals surface area (Å²) in [4.78, 5) is 3.97. The monoisotopic (exact) mass is 126 g/mol. The van der Waals surface area contributed by atoms with Crippen LogP contribution in [0.2, 0.25) is 0 Å². The summed E-state index contributed by atoms with van der Waals surface area (Å²) in [5.41, 5.74) is 0. The highest BCUT2D eigenvalue weighted by Crippen LogP contribution is 2.10. The SMILES string of the molecule is N#CC1=NCCCS1. The molecule has 0 aromatic heterocycles. The Bertz CT molecular complexity index is 145. The van der Waals surface area contributed by atoms with E-state index >= 15 is 0 Å². The van der Waals surface area contributed by atoms with Crippen LogP contribution in [0.1, 0.15) is 6.42 Å². The summed E-state index contributed by atoms with van der Waals surface area (Å²) in [5, 5.41) is 8.94. The van der Waals surface area contributed by atoms with Gasteiger partial charge in [0.1, 0.15) is 6.07 Å². The standard InChI is InChI=1S/C5H6N2S/c6-4-5-7-2-1-3-8-5/h1-3H2. The predicted molar refractivity (Wildman–Crippen MR) is 35.0 cm³/mol. The minimum atomic E-state index is 0.649. The van der Waals surface area contributed by atoms with Crippen LogP contribution in [0.25, 0.3) is 0 Å². The van der Waals surface area contributed by atoms with Crippen molar-refractivity contribution in [2.24, 2.45) is 4.99 Å². The van der Waals surface area contributed by atoms with E-state index in [4.69, 9.17) is 5.26 Å². The number of nitriles is 1. The molecule has 0 fully saturated rings. The van der Waals surface area contributed by atoms with Crippen molar-refractivity contribution in [2.45, 2.75) is 6.42 Å². The fourth-order valence-corrected chi connectivity index (χ4v) is 1.24. The molecule has 0 aliphatic carbocycles. The van der Waals surface area contributed by atoms with Crippen molar-refractivity contribution in [3.05, 3.63) is 0 Å². The third-order valence-electron chi connectivity index (χ3n) is 0.892. The maximum Gasteiger partial charge on any atom is 0.169 e. The molecular weight excluding hydrogens is 120 g/mol. The normalized spacial score (nSPS) is 19.1. The number of hydrogen-bond acceptors (Lipinski definition) is 3. The second-order valence-electron chi connectivity index (χ2n) is 1.50. The summed E-state index contributed by atoms with van der Waals surface area (Å²) in [7, 11) is 0. The van der Waals surface area contributed by atoms with Crippen molar-refractivity contribution in [3.8, 4) is 6.07 Å². The van der Waals surface area contributed by atoms with Gasteiger partial charge in [0.15, 0.2) is 5.04 Å². The highest BCUT2D eigenvalue weighted by Gasteiger charge is 2.01. The molecule has 42 valence electrons. The third-order valence-corrected chi connectivity index (χ3v) is 1.88. The quantitative estimate of drug-likeness (QED) is 0.486. The van der Waals surface area contributed by atoms with Gasteiger partial charge in [-0.25, -0.2) is 0 Å². The Labute approximate surface area is 52.6 Å². The molecular formula is C5H6N2S. The first-order valence-corrected chi connectivity index (χ1v) is 3.49. The van der Waals surface area contributed by atoms with Crippen LogP contribution in [0.15, 0.2) is 4.99 Å². The maximum atomic E-state index is 8.29. The van der Waals surface area contributed by atoms with E-state index in [1.54, 1.807) is 11.8 Å². The van der Waals surface area contributed by atoms with E-state index in [1.807, 2.05) is 6.07 Å².